The molecule has 0 spiro atoms. The molecule has 0 fully saturated rings. The van der Waals surface area contributed by atoms with Crippen LogP contribution in [-0.2, 0) is 10.3 Å². The molecule has 0 saturated heterocycles. The lowest BCUT2D eigenvalue weighted by molar-refractivity contribution is -0.128. The minimum absolute atomic E-state index is 0.0187. The SMILES string of the molecule is CN1C(=O)CC(C)(c2cccc(-c3ccc(C=O)c(F)c3)c2)N=C1N. The first kappa shape index (κ1) is 16.8. The van der Waals surface area contributed by atoms with E-state index in [2.05, 4.69) is 4.99 Å². The van der Waals surface area contributed by atoms with Crippen LogP contribution in [0, 0.1) is 5.82 Å². The molecule has 5 nitrogen and oxygen atoms in total. The number of aldehydes is 1. The Morgan fingerprint density at radius 1 is 1.24 bits per heavy atom. The van der Waals surface area contributed by atoms with Gasteiger partial charge in [0.2, 0.25) is 5.91 Å². The molecule has 128 valence electrons. The van der Waals surface area contributed by atoms with E-state index < -0.39 is 11.4 Å². The molecule has 0 aliphatic carbocycles. The van der Waals surface area contributed by atoms with Crippen LogP contribution >= 0.6 is 0 Å². The number of hydrogen-bond donors (Lipinski definition) is 1. The van der Waals surface area contributed by atoms with Crippen molar-refractivity contribution < 1.29 is 14.0 Å². The number of benzene rings is 2. The lowest BCUT2D eigenvalue weighted by Crippen LogP contribution is -2.47. The van der Waals surface area contributed by atoms with E-state index in [-0.39, 0.29) is 23.9 Å². The number of rotatable bonds is 3. The quantitative estimate of drug-likeness (QED) is 0.874. The van der Waals surface area contributed by atoms with Crippen molar-refractivity contribution in [2.45, 2.75) is 18.9 Å². The third-order valence-electron chi connectivity index (χ3n) is 4.52. The van der Waals surface area contributed by atoms with E-state index in [0.717, 1.165) is 11.1 Å². The zero-order valence-corrected chi connectivity index (χ0v) is 14.0. The molecule has 0 radical (unpaired) electrons. The van der Waals surface area contributed by atoms with Gasteiger partial charge < -0.3 is 5.73 Å². The fourth-order valence-corrected chi connectivity index (χ4v) is 2.91. The first-order valence-corrected chi connectivity index (χ1v) is 7.81. The highest BCUT2D eigenvalue weighted by Gasteiger charge is 2.36. The van der Waals surface area contributed by atoms with Crippen LogP contribution in [0.4, 0.5) is 4.39 Å². The highest BCUT2D eigenvalue weighted by molar-refractivity contribution is 5.98. The van der Waals surface area contributed by atoms with Crippen LogP contribution < -0.4 is 5.73 Å². The minimum Gasteiger partial charge on any atom is -0.369 e. The summed E-state index contributed by atoms with van der Waals surface area (Å²) in [4.78, 5) is 28.7. The summed E-state index contributed by atoms with van der Waals surface area (Å²) in [5.41, 5.74) is 7.33. The largest absolute Gasteiger partial charge is 0.369 e. The van der Waals surface area contributed by atoms with Crippen molar-refractivity contribution in [1.82, 2.24) is 4.90 Å². The van der Waals surface area contributed by atoms with Crippen molar-refractivity contribution >= 4 is 18.2 Å². The molecule has 1 aliphatic rings. The summed E-state index contributed by atoms with van der Waals surface area (Å²) in [7, 11) is 1.59. The van der Waals surface area contributed by atoms with Crippen LogP contribution in [0.1, 0.15) is 29.3 Å². The molecule has 1 heterocycles. The van der Waals surface area contributed by atoms with Crippen LogP contribution in [0.5, 0.6) is 0 Å². The standard InChI is InChI=1S/C19H18FN3O2/c1-19(10-17(25)23(2)18(21)22-19)15-5-3-4-12(8-15)13-6-7-14(11-24)16(20)9-13/h3-9,11H,10H2,1-2H3,(H2,21,22). The Morgan fingerprint density at radius 2 is 1.96 bits per heavy atom. The van der Waals surface area contributed by atoms with Gasteiger partial charge in [0, 0.05) is 7.05 Å². The number of amides is 1. The molecule has 1 atom stereocenters. The summed E-state index contributed by atoms with van der Waals surface area (Å²) in [5.74, 6) is -0.506. The number of carbonyl (C=O) groups is 2. The topological polar surface area (TPSA) is 75.8 Å². The fraction of sp³-hybridized carbons (Fsp3) is 0.211. The number of guanidine groups is 1. The van der Waals surface area contributed by atoms with Gasteiger partial charge in [-0.3, -0.25) is 14.5 Å². The van der Waals surface area contributed by atoms with E-state index in [0.29, 0.717) is 11.8 Å². The number of nitrogens with two attached hydrogens (primary N) is 1. The number of aliphatic imine (C=N–C) groups is 1. The van der Waals surface area contributed by atoms with Gasteiger partial charge in [-0.2, -0.15) is 0 Å². The first-order chi connectivity index (χ1) is 11.8. The zero-order valence-electron chi connectivity index (χ0n) is 14.0. The molecule has 0 saturated carbocycles. The smallest absolute Gasteiger partial charge is 0.231 e. The Bertz CT molecular complexity index is 894. The summed E-state index contributed by atoms with van der Waals surface area (Å²) < 4.78 is 13.9. The zero-order chi connectivity index (χ0) is 18.2. The average Bonchev–Trinajstić information content (AvgIpc) is 2.59. The van der Waals surface area contributed by atoms with E-state index in [4.69, 9.17) is 5.73 Å². The van der Waals surface area contributed by atoms with Crippen molar-refractivity contribution in [3.05, 3.63) is 59.4 Å². The molecule has 6 heteroatoms. The maximum Gasteiger partial charge on any atom is 0.231 e. The summed E-state index contributed by atoms with van der Waals surface area (Å²) >= 11 is 0. The predicted octanol–water partition coefficient (Wildman–Crippen LogP) is 2.70. The summed E-state index contributed by atoms with van der Waals surface area (Å²) in [6, 6.07) is 11.9. The molecular weight excluding hydrogens is 321 g/mol. The van der Waals surface area contributed by atoms with Crippen LogP contribution in [-0.4, -0.2) is 30.1 Å². The van der Waals surface area contributed by atoms with Crippen LogP contribution in [0.2, 0.25) is 0 Å². The van der Waals surface area contributed by atoms with Gasteiger partial charge in [-0.25, -0.2) is 9.38 Å². The Hall–Kier alpha value is -3.02. The Morgan fingerprint density at radius 3 is 2.60 bits per heavy atom. The third-order valence-corrected chi connectivity index (χ3v) is 4.52. The van der Waals surface area contributed by atoms with Gasteiger partial charge in [0.05, 0.1) is 17.5 Å². The summed E-state index contributed by atoms with van der Waals surface area (Å²) in [6.07, 6.45) is 0.685. The summed E-state index contributed by atoms with van der Waals surface area (Å²) in [5, 5.41) is 0. The predicted molar refractivity (Wildman–Crippen MR) is 93.6 cm³/mol. The normalized spacial score (nSPS) is 20.4. The second kappa shape index (κ2) is 6.12. The molecule has 1 aliphatic heterocycles. The Balaban J connectivity index is 2.04. The lowest BCUT2D eigenvalue weighted by Gasteiger charge is -2.33. The number of halogens is 1. The van der Waals surface area contributed by atoms with E-state index >= 15 is 0 Å². The van der Waals surface area contributed by atoms with Gasteiger partial charge in [0.1, 0.15) is 5.82 Å². The van der Waals surface area contributed by atoms with Crippen molar-refractivity contribution in [3.8, 4) is 11.1 Å². The molecule has 1 amide bonds. The average molecular weight is 339 g/mol. The third kappa shape index (κ3) is 3.03. The van der Waals surface area contributed by atoms with E-state index in [1.165, 1.54) is 17.0 Å². The number of carbonyl (C=O) groups excluding carboxylic acids is 2. The maximum atomic E-state index is 13.9. The molecule has 2 aromatic rings. The first-order valence-electron chi connectivity index (χ1n) is 7.81. The Kier molecular flexibility index (Phi) is 4.12. The van der Waals surface area contributed by atoms with Crippen molar-refractivity contribution in [2.24, 2.45) is 10.7 Å². The van der Waals surface area contributed by atoms with Crippen LogP contribution in [0.15, 0.2) is 47.5 Å². The number of hydrogen-bond acceptors (Lipinski definition) is 4. The van der Waals surface area contributed by atoms with Crippen molar-refractivity contribution in [3.63, 3.8) is 0 Å². The Labute approximate surface area is 145 Å². The van der Waals surface area contributed by atoms with Crippen LogP contribution in [0.25, 0.3) is 11.1 Å². The second-order valence-electron chi connectivity index (χ2n) is 6.31. The molecule has 1 unspecified atom stereocenters. The molecule has 3 rings (SSSR count). The molecule has 0 aromatic heterocycles. The second-order valence-corrected chi connectivity index (χ2v) is 6.31. The monoisotopic (exact) mass is 339 g/mol. The van der Waals surface area contributed by atoms with Crippen molar-refractivity contribution in [1.29, 1.82) is 0 Å². The minimum atomic E-state index is -0.773. The molecule has 0 bridgehead atoms. The maximum absolute atomic E-state index is 13.9. The van der Waals surface area contributed by atoms with Gasteiger partial charge >= 0.3 is 0 Å². The summed E-state index contributed by atoms with van der Waals surface area (Å²) in [6.45, 7) is 1.85. The lowest BCUT2D eigenvalue weighted by atomic mass is 9.86. The van der Waals surface area contributed by atoms with Crippen molar-refractivity contribution in [2.75, 3.05) is 7.05 Å². The van der Waals surface area contributed by atoms with E-state index in [1.807, 2.05) is 31.2 Å². The van der Waals surface area contributed by atoms with Crippen LogP contribution in [0.3, 0.4) is 0 Å². The number of nitrogens with zero attached hydrogens (tertiary/aromatic N) is 2. The van der Waals surface area contributed by atoms with E-state index in [1.54, 1.807) is 13.1 Å². The molecule has 25 heavy (non-hydrogen) atoms. The van der Waals surface area contributed by atoms with Gasteiger partial charge in [-0.1, -0.05) is 24.3 Å². The molecule has 2 N–H and O–H groups in total. The highest BCUT2D eigenvalue weighted by atomic mass is 19.1. The van der Waals surface area contributed by atoms with Gasteiger partial charge in [-0.05, 0) is 41.8 Å². The van der Waals surface area contributed by atoms with Gasteiger partial charge in [-0.15, -0.1) is 0 Å². The van der Waals surface area contributed by atoms with Gasteiger partial charge in [0.25, 0.3) is 0 Å². The molecular formula is C19H18FN3O2. The van der Waals surface area contributed by atoms with E-state index in [9.17, 15) is 14.0 Å². The highest BCUT2D eigenvalue weighted by Crippen LogP contribution is 2.35. The molecule has 2 aromatic carbocycles. The van der Waals surface area contributed by atoms with Gasteiger partial charge in [0.15, 0.2) is 12.2 Å². The fourth-order valence-electron chi connectivity index (χ4n) is 2.91.